The molecule has 1 aliphatic heterocycles. The van der Waals surface area contributed by atoms with Crippen LogP contribution in [-0.4, -0.2) is 33.8 Å². The maximum absolute atomic E-state index is 13.4. The Balaban J connectivity index is 1.75. The summed E-state index contributed by atoms with van der Waals surface area (Å²) in [7, 11) is 1.52. The van der Waals surface area contributed by atoms with E-state index in [2.05, 4.69) is 4.98 Å². The summed E-state index contributed by atoms with van der Waals surface area (Å²) in [5.74, 6) is -1.57. The normalized spacial score (nSPS) is 16.9. The van der Waals surface area contributed by atoms with Crippen LogP contribution in [0, 0.1) is 24.0 Å². The monoisotopic (exact) mass is 515 g/mol. The van der Waals surface area contributed by atoms with Crippen LogP contribution in [0.2, 0.25) is 0 Å². The fourth-order valence-corrected chi connectivity index (χ4v) is 5.55. The number of nitrogens with zero attached hydrogens (tertiary/aromatic N) is 3. The molecule has 4 aromatic rings. The standard InChI is InChI=1S/C27H21N3O6S/c1-14-7-9-19-21(11-14)37-27(28-19)29-23(16-5-4-6-18(13-16)30(34)35)22(25(32)26(29)33)24(31)17-8-10-20(36-3)15(2)12-17/h4-13,23,31H,1-3H3/t23-/m1/s1. The third-order valence-corrected chi connectivity index (χ3v) is 7.27. The zero-order valence-corrected chi connectivity index (χ0v) is 20.9. The van der Waals surface area contributed by atoms with Crippen molar-refractivity contribution in [2.75, 3.05) is 12.0 Å². The zero-order chi connectivity index (χ0) is 26.4. The van der Waals surface area contributed by atoms with Crippen LogP contribution in [0.5, 0.6) is 5.75 Å². The van der Waals surface area contributed by atoms with Gasteiger partial charge in [0.05, 0.1) is 33.9 Å². The Morgan fingerprint density at radius 3 is 2.59 bits per heavy atom. The Morgan fingerprint density at radius 2 is 1.89 bits per heavy atom. The molecular weight excluding hydrogens is 494 g/mol. The van der Waals surface area contributed by atoms with Gasteiger partial charge in [0.2, 0.25) is 0 Å². The number of non-ortho nitro benzene ring substituents is 1. The summed E-state index contributed by atoms with van der Waals surface area (Å²) >= 11 is 1.23. The number of methoxy groups -OCH3 is 1. The second kappa shape index (κ2) is 9.14. The van der Waals surface area contributed by atoms with Crippen molar-refractivity contribution in [1.29, 1.82) is 0 Å². The van der Waals surface area contributed by atoms with E-state index < -0.39 is 22.7 Å². The van der Waals surface area contributed by atoms with Crippen LogP contribution in [0.15, 0.2) is 66.2 Å². The van der Waals surface area contributed by atoms with Crippen LogP contribution in [0.25, 0.3) is 16.0 Å². The Morgan fingerprint density at radius 1 is 1.11 bits per heavy atom. The van der Waals surface area contributed by atoms with Gasteiger partial charge in [-0.05, 0) is 60.9 Å². The lowest BCUT2D eigenvalue weighted by Crippen LogP contribution is -2.29. The summed E-state index contributed by atoms with van der Waals surface area (Å²) in [4.78, 5) is 43.5. The lowest BCUT2D eigenvalue weighted by molar-refractivity contribution is -0.384. The molecular formula is C27H21N3O6S. The van der Waals surface area contributed by atoms with Crippen LogP contribution in [0.4, 0.5) is 10.8 Å². The Bertz CT molecular complexity index is 1640. The van der Waals surface area contributed by atoms with Crippen molar-refractivity contribution in [3.8, 4) is 5.75 Å². The molecule has 186 valence electrons. The third kappa shape index (κ3) is 4.11. The quantitative estimate of drug-likeness (QED) is 0.123. The molecule has 0 spiro atoms. The van der Waals surface area contributed by atoms with E-state index in [9.17, 15) is 24.8 Å². The van der Waals surface area contributed by atoms with Crippen molar-refractivity contribution in [2.45, 2.75) is 19.9 Å². The van der Waals surface area contributed by atoms with Crippen molar-refractivity contribution in [2.24, 2.45) is 0 Å². The minimum absolute atomic E-state index is 0.175. The molecule has 1 fully saturated rings. The molecule has 37 heavy (non-hydrogen) atoms. The number of carbonyl (C=O) groups is 2. The molecule has 1 atom stereocenters. The Kier molecular flexibility index (Phi) is 5.96. The minimum atomic E-state index is -1.12. The topological polar surface area (TPSA) is 123 Å². The SMILES string of the molecule is COc1ccc(C(O)=C2C(=O)C(=O)N(c3nc4ccc(C)cc4s3)[C@@H]2c2cccc([N+](=O)[O-])c2)cc1C. The zero-order valence-electron chi connectivity index (χ0n) is 20.1. The van der Waals surface area contributed by atoms with Crippen LogP contribution >= 0.6 is 11.3 Å². The number of hydrogen-bond acceptors (Lipinski definition) is 8. The van der Waals surface area contributed by atoms with Crippen LogP contribution in [0.3, 0.4) is 0 Å². The van der Waals surface area contributed by atoms with E-state index in [1.807, 2.05) is 25.1 Å². The number of nitro benzene ring substituents is 1. The average Bonchev–Trinajstić information content (AvgIpc) is 3.41. The molecule has 10 heteroatoms. The summed E-state index contributed by atoms with van der Waals surface area (Å²) in [6.07, 6.45) is 0. The maximum atomic E-state index is 13.4. The second-order valence-corrected chi connectivity index (χ2v) is 9.68. The average molecular weight is 516 g/mol. The number of aliphatic hydroxyl groups excluding tert-OH is 1. The van der Waals surface area contributed by atoms with Gasteiger partial charge in [-0.3, -0.25) is 24.6 Å². The summed E-state index contributed by atoms with van der Waals surface area (Å²) in [5, 5.41) is 23.1. The molecule has 2 heterocycles. The smallest absolute Gasteiger partial charge is 0.301 e. The molecule has 0 bridgehead atoms. The van der Waals surface area contributed by atoms with E-state index in [4.69, 9.17) is 4.74 Å². The highest BCUT2D eigenvalue weighted by Crippen LogP contribution is 2.45. The number of aliphatic hydroxyl groups is 1. The third-order valence-electron chi connectivity index (χ3n) is 6.25. The molecule has 0 radical (unpaired) electrons. The number of hydrogen-bond donors (Lipinski definition) is 1. The molecule has 1 amide bonds. The Hall–Kier alpha value is -4.57. The number of nitro groups is 1. The number of fused-ring (bicyclic) bond motifs is 1. The van der Waals surface area contributed by atoms with E-state index >= 15 is 0 Å². The lowest BCUT2D eigenvalue weighted by Gasteiger charge is -2.23. The molecule has 1 aromatic heterocycles. The van der Waals surface area contributed by atoms with E-state index in [1.165, 1.54) is 41.5 Å². The molecule has 0 aliphatic carbocycles. The van der Waals surface area contributed by atoms with Gasteiger partial charge in [0, 0.05) is 17.7 Å². The van der Waals surface area contributed by atoms with E-state index in [-0.39, 0.29) is 22.2 Å². The van der Waals surface area contributed by atoms with Gasteiger partial charge in [-0.2, -0.15) is 0 Å². The molecule has 1 saturated heterocycles. The number of ether oxygens (including phenoxy) is 1. The van der Waals surface area contributed by atoms with Gasteiger partial charge >= 0.3 is 5.91 Å². The summed E-state index contributed by atoms with van der Waals surface area (Å²) in [6.45, 7) is 3.72. The van der Waals surface area contributed by atoms with Crippen molar-refractivity contribution in [1.82, 2.24) is 4.98 Å². The number of amides is 1. The number of thiazole rings is 1. The first kappa shape index (κ1) is 24.1. The largest absolute Gasteiger partial charge is 0.507 e. The first-order valence-corrected chi connectivity index (χ1v) is 12.1. The van der Waals surface area contributed by atoms with Crippen LogP contribution in [-0.2, 0) is 9.59 Å². The maximum Gasteiger partial charge on any atom is 0.301 e. The van der Waals surface area contributed by atoms with Crippen molar-refractivity contribution < 1.29 is 24.4 Å². The van der Waals surface area contributed by atoms with Crippen molar-refractivity contribution in [3.05, 3.63) is 98.6 Å². The van der Waals surface area contributed by atoms with Gasteiger partial charge in [0.25, 0.3) is 11.5 Å². The van der Waals surface area contributed by atoms with Gasteiger partial charge in [-0.25, -0.2) is 4.98 Å². The Labute approximate surface area is 215 Å². The summed E-state index contributed by atoms with van der Waals surface area (Å²) < 4.78 is 6.10. The summed E-state index contributed by atoms with van der Waals surface area (Å²) in [6, 6.07) is 15.1. The predicted molar refractivity (Wildman–Crippen MR) is 140 cm³/mol. The fourth-order valence-electron chi connectivity index (χ4n) is 4.46. The van der Waals surface area contributed by atoms with Gasteiger partial charge in [-0.1, -0.05) is 29.5 Å². The molecule has 0 unspecified atom stereocenters. The van der Waals surface area contributed by atoms with Gasteiger partial charge in [-0.15, -0.1) is 0 Å². The number of aromatic nitrogens is 1. The minimum Gasteiger partial charge on any atom is -0.507 e. The first-order chi connectivity index (χ1) is 17.7. The van der Waals surface area contributed by atoms with Crippen molar-refractivity contribution in [3.63, 3.8) is 0 Å². The number of rotatable bonds is 5. The molecule has 5 rings (SSSR count). The molecule has 9 nitrogen and oxygen atoms in total. The highest BCUT2D eigenvalue weighted by atomic mass is 32.1. The van der Waals surface area contributed by atoms with Crippen LogP contribution < -0.4 is 9.64 Å². The van der Waals surface area contributed by atoms with E-state index in [0.717, 1.165) is 10.3 Å². The second-order valence-electron chi connectivity index (χ2n) is 8.67. The highest BCUT2D eigenvalue weighted by molar-refractivity contribution is 7.22. The first-order valence-electron chi connectivity index (χ1n) is 11.3. The number of Topliss-reactive ketones (excluding diaryl/α,β-unsaturated/α-hetero) is 1. The number of ketones is 1. The number of anilines is 1. The molecule has 1 N–H and O–H groups in total. The van der Waals surface area contributed by atoms with Gasteiger partial charge < -0.3 is 9.84 Å². The van der Waals surface area contributed by atoms with E-state index in [1.54, 1.807) is 31.2 Å². The predicted octanol–water partition coefficient (Wildman–Crippen LogP) is 5.46. The number of carbonyl (C=O) groups excluding carboxylic acids is 2. The van der Waals surface area contributed by atoms with Crippen LogP contribution in [0.1, 0.15) is 28.3 Å². The van der Waals surface area contributed by atoms with Gasteiger partial charge in [0.15, 0.2) is 5.13 Å². The number of benzene rings is 3. The molecule has 1 aliphatic rings. The number of aryl methyl sites for hydroxylation is 2. The van der Waals surface area contributed by atoms with Gasteiger partial charge in [0.1, 0.15) is 11.5 Å². The highest BCUT2D eigenvalue weighted by Gasteiger charge is 2.48. The lowest BCUT2D eigenvalue weighted by atomic mass is 9.94. The molecule has 0 saturated carbocycles. The molecule has 3 aromatic carbocycles. The fraction of sp³-hybridized carbons (Fsp3) is 0.148. The van der Waals surface area contributed by atoms with E-state index in [0.29, 0.717) is 28.0 Å². The van der Waals surface area contributed by atoms with Crippen molar-refractivity contribution >= 4 is 49.8 Å². The summed E-state index contributed by atoms with van der Waals surface area (Å²) in [5.41, 5.74) is 2.61.